The van der Waals surface area contributed by atoms with Crippen LogP contribution >= 0.6 is 11.6 Å². The van der Waals surface area contributed by atoms with E-state index in [4.69, 9.17) is 16.3 Å². The summed E-state index contributed by atoms with van der Waals surface area (Å²) < 4.78 is 5.17. The molecule has 0 radical (unpaired) electrons. The van der Waals surface area contributed by atoms with Crippen LogP contribution in [0.4, 0.5) is 0 Å². The summed E-state index contributed by atoms with van der Waals surface area (Å²) in [5.41, 5.74) is 2.34. The van der Waals surface area contributed by atoms with Gasteiger partial charge in [0.25, 0.3) is 11.7 Å². The SMILES string of the molecule is COc1ccc(/C(O)=C2/C(=O)C(=O)N(CCN(C)C)C2c2ccc(C(C)C)cc2)cc1Cl. The number of methoxy groups -OCH3 is 1. The Bertz CT molecular complexity index is 1040. The lowest BCUT2D eigenvalue weighted by atomic mass is 9.93. The van der Waals surface area contributed by atoms with Gasteiger partial charge in [0.05, 0.1) is 23.7 Å². The Kier molecular flexibility index (Phi) is 7.26. The molecule has 32 heavy (non-hydrogen) atoms. The van der Waals surface area contributed by atoms with E-state index in [2.05, 4.69) is 13.8 Å². The quantitative estimate of drug-likeness (QED) is 0.378. The predicted octanol–water partition coefficient (Wildman–Crippen LogP) is 4.46. The second kappa shape index (κ2) is 9.76. The number of aliphatic hydroxyl groups excluding tert-OH is 1. The van der Waals surface area contributed by atoms with Crippen LogP contribution in [0.25, 0.3) is 5.76 Å². The number of halogens is 1. The van der Waals surface area contributed by atoms with E-state index in [1.54, 1.807) is 12.1 Å². The highest BCUT2D eigenvalue weighted by molar-refractivity contribution is 6.46. The molecule has 1 aliphatic rings. The molecule has 1 aliphatic heterocycles. The van der Waals surface area contributed by atoms with Crippen molar-refractivity contribution < 1.29 is 19.4 Å². The summed E-state index contributed by atoms with van der Waals surface area (Å²) in [5.74, 6) is -0.767. The number of hydrogen-bond acceptors (Lipinski definition) is 5. The van der Waals surface area contributed by atoms with Crippen molar-refractivity contribution in [3.63, 3.8) is 0 Å². The smallest absolute Gasteiger partial charge is 0.295 e. The number of hydrogen-bond donors (Lipinski definition) is 1. The lowest BCUT2D eigenvalue weighted by molar-refractivity contribution is -0.140. The molecule has 1 fully saturated rings. The van der Waals surface area contributed by atoms with Crippen LogP contribution in [0.2, 0.25) is 5.02 Å². The van der Waals surface area contributed by atoms with Gasteiger partial charge in [0.1, 0.15) is 11.5 Å². The zero-order chi connectivity index (χ0) is 23.6. The highest BCUT2D eigenvalue weighted by atomic mass is 35.5. The first-order valence-corrected chi connectivity index (χ1v) is 10.9. The monoisotopic (exact) mass is 456 g/mol. The van der Waals surface area contributed by atoms with Gasteiger partial charge >= 0.3 is 0 Å². The van der Waals surface area contributed by atoms with Gasteiger partial charge in [0, 0.05) is 18.7 Å². The van der Waals surface area contributed by atoms with E-state index in [1.165, 1.54) is 18.1 Å². The van der Waals surface area contributed by atoms with Crippen molar-refractivity contribution in [2.75, 3.05) is 34.3 Å². The number of Topliss-reactive ketones (excluding diaryl/α,β-unsaturated/α-hetero) is 1. The summed E-state index contributed by atoms with van der Waals surface area (Å²) in [6.45, 7) is 5.15. The van der Waals surface area contributed by atoms with Gasteiger partial charge in [-0.1, -0.05) is 49.7 Å². The normalized spacial score (nSPS) is 18.1. The molecule has 6 nitrogen and oxygen atoms in total. The first-order chi connectivity index (χ1) is 15.1. The molecule has 2 aromatic carbocycles. The van der Waals surface area contributed by atoms with Crippen molar-refractivity contribution in [1.29, 1.82) is 0 Å². The molecule has 3 rings (SSSR count). The highest BCUT2D eigenvalue weighted by Crippen LogP contribution is 2.40. The third-order valence-corrected chi connectivity index (χ3v) is 5.97. The van der Waals surface area contributed by atoms with Crippen LogP contribution in [0.1, 0.15) is 42.5 Å². The second-order valence-corrected chi connectivity index (χ2v) is 8.87. The number of amides is 1. The average Bonchev–Trinajstić information content (AvgIpc) is 3.01. The largest absolute Gasteiger partial charge is 0.507 e. The Morgan fingerprint density at radius 2 is 1.81 bits per heavy atom. The number of rotatable bonds is 7. The number of ketones is 1. The zero-order valence-corrected chi connectivity index (χ0v) is 19.8. The Morgan fingerprint density at radius 3 is 2.34 bits per heavy atom. The minimum absolute atomic E-state index is 0.0623. The number of carbonyl (C=O) groups is 2. The van der Waals surface area contributed by atoms with E-state index >= 15 is 0 Å². The molecule has 170 valence electrons. The third kappa shape index (κ3) is 4.66. The Labute approximate surface area is 194 Å². The van der Waals surface area contributed by atoms with Crippen molar-refractivity contribution in [1.82, 2.24) is 9.80 Å². The van der Waals surface area contributed by atoms with Gasteiger partial charge in [0.2, 0.25) is 0 Å². The third-order valence-electron chi connectivity index (χ3n) is 5.67. The lowest BCUT2D eigenvalue weighted by Gasteiger charge is -2.27. The van der Waals surface area contributed by atoms with Gasteiger partial charge in [-0.15, -0.1) is 0 Å². The van der Waals surface area contributed by atoms with Crippen molar-refractivity contribution >= 4 is 29.1 Å². The van der Waals surface area contributed by atoms with E-state index in [9.17, 15) is 14.7 Å². The Balaban J connectivity index is 2.14. The fraction of sp³-hybridized carbons (Fsp3) is 0.360. The summed E-state index contributed by atoms with van der Waals surface area (Å²) in [4.78, 5) is 29.5. The Morgan fingerprint density at radius 1 is 1.16 bits per heavy atom. The molecule has 0 aromatic heterocycles. The molecule has 2 aromatic rings. The maximum absolute atomic E-state index is 13.1. The standard InChI is InChI=1S/C25H29ClN2O4/c1-15(2)16-6-8-17(9-7-16)22-21(24(30)25(31)28(22)13-12-27(3)4)23(29)18-10-11-20(32-5)19(26)14-18/h6-11,14-15,22,29H,12-13H2,1-5H3/b23-21-. The number of benzene rings is 2. The highest BCUT2D eigenvalue weighted by Gasteiger charge is 2.45. The van der Waals surface area contributed by atoms with Gasteiger partial charge in [-0.05, 0) is 49.3 Å². The topological polar surface area (TPSA) is 70.1 Å². The van der Waals surface area contributed by atoms with Crippen molar-refractivity contribution in [2.45, 2.75) is 25.8 Å². The second-order valence-electron chi connectivity index (χ2n) is 8.47. The molecule has 1 atom stereocenters. The molecule has 1 unspecified atom stereocenters. The first kappa shape index (κ1) is 23.8. The van der Waals surface area contributed by atoms with Gasteiger partial charge in [-0.25, -0.2) is 0 Å². The van der Waals surface area contributed by atoms with E-state index in [0.29, 0.717) is 35.3 Å². The number of ether oxygens (including phenoxy) is 1. The average molecular weight is 457 g/mol. The van der Waals surface area contributed by atoms with Crippen LogP contribution in [0.3, 0.4) is 0 Å². The zero-order valence-electron chi connectivity index (χ0n) is 19.1. The lowest BCUT2D eigenvalue weighted by Crippen LogP contribution is -2.35. The minimum Gasteiger partial charge on any atom is -0.507 e. The van der Waals surface area contributed by atoms with Gasteiger partial charge in [-0.3, -0.25) is 9.59 Å². The fourth-order valence-corrected chi connectivity index (χ4v) is 4.06. The van der Waals surface area contributed by atoms with Crippen LogP contribution in [-0.4, -0.2) is 60.9 Å². The molecule has 1 amide bonds. The number of likely N-dealkylation sites (tertiary alicyclic amines) is 1. The summed E-state index contributed by atoms with van der Waals surface area (Å²) in [6, 6.07) is 11.9. The maximum Gasteiger partial charge on any atom is 0.295 e. The first-order valence-electron chi connectivity index (χ1n) is 10.5. The maximum atomic E-state index is 13.1. The molecular weight excluding hydrogens is 428 g/mol. The van der Waals surface area contributed by atoms with E-state index in [1.807, 2.05) is 43.3 Å². The van der Waals surface area contributed by atoms with Crippen molar-refractivity contribution in [2.24, 2.45) is 0 Å². The molecule has 1 heterocycles. The van der Waals surface area contributed by atoms with E-state index in [-0.39, 0.29) is 11.3 Å². The van der Waals surface area contributed by atoms with Crippen LogP contribution in [0.5, 0.6) is 5.75 Å². The van der Waals surface area contributed by atoms with Crippen LogP contribution < -0.4 is 4.74 Å². The van der Waals surface area contributed by atoms with E-state index in [0.717, 1.165) is 11.1 Å². The number of carbonyl (C=O) groups excluding carboxylic acids is 2. The number of nitrogens with zero attached hydrogens (tertiary/aromatic N) is 2. The molecular formula is C25H29ClN2O4. The van der Waals surface area contributed by atoms with Gasteiger partial charge < -0.3 is 19.6 Å². The van der Waals surface area contributed by atoms with Crippen molar-refractivity contribution in [3.8, 4) is 5.75 Å². The van der Waals surface area contributed by atoms with Crippen LogP contribution in [-0.2, 0) is 9.59 Å². The summed E-state index contributed by atoms with van der Waals surface area (Å²) in [6.07, 6.45) is 0. The van der Waals surface area contributed by atoms with Crippen LogP contribution in [0.15, 0.2) is 48.0 Å². The van der Waals surface area contributed by atoms with E-state index < -0.39 is 17.7 Å². The molecule has 0 aliphatic carbocycles. The summed E-state index contributed by atoms with van der Waals surface area (Å²) in [7, 11) is 5.31. The number of aliphatic hydroxyl groups is 1. The van der Waals surface area contributed by atoms with Crippen molar-refractivity contribution in [3.05, 3.63) is 69.8 Å². The summed E-state index contributed by atoms with van der Waals surface area (Å²) >= 11 is 6.23. The molecule has 0 saturated carbocycles. The molecule has 0 spiro atoms. The predicted molar refractivity (Wildman–Crippen MR) is 126 cm³/mol. The molecule has 1 saturated heterocycles. The molecule has 0 bridgehead atoms. The summed E-state index contributed by atoms with van der Waals surface area (Å²) in [5, 5.41) is 11.4. The molecule has 1 N–H and O–H groups in total. The fourth-order valence-electron chi connectivity index (χ4n) is 3.80. The Hall–Kier alpha value is -2.83. The van der Waals surface area contributed by atoms with Crippen LogP contribution in [0, 0.1) is 0 Å². The van der Waals surface area contributed by atoms with Gasteiger partial charge in [-0.2, -0.15) is 0 Å². The molecule has 7 heteroatoms. The minimum atomic E-state index is -0.703. The number of likely N-dealkylation sites (N-methyl/N-ethyl adjacent to an activating group) is 1. The van der Waals surface area contributed by atoms with Gasteiger partial charge in [0.15, 0.2) is 0 Å².